The van der Waals surface area contributed by atoms with Gasteiger partial charge in [0.1, 0.15) is 11.5 Å². The van der Waals surface area contributed by atoms with Crippen LogP contribution >= 0.6 is 12.2 Å². The van der Waals surface area contributed by atoms with Gasteiger partial charge in [-0.1, -0.05) is 13.3 Å². The Labute approximate surface area is 141 Å². The summed E-state index contributed by atoms with van der Waals surface area (Å²) < 4.78 is 10.7. The summed E-state index contributed by atoms with van der Waals surface area (Å²) in [6.07, 6.45) is 3.68. The van der Waals surface area contributed by atoms with Crippen molar-refractivity contribution in [1.29, 1.82) is 0 Å². The molecule has 1 aromatic carbocycles. The maximum absolute atomic E-state index is 12.1. The lowest BCUT2D eigenvalue weighted by atomic mass is 10.2. The molecule has 2 rings (SSSR count). The Morgan fingerprint density at radius 2 is 2.04 bits per heavy atom. The summed E-state index contributed by atoms with van der Waals surface area (Å²) in [7, 11) is 0. The molecule has 0 spiro atoms. The molecule has 0 saturated carbocycles. The lowest BCUT2D eigenvalue weighted by molar-refractivity contribution is 0.0976. The predicted octanol–water partition coefficient (Wildman–Crippen LogP) is 3.26. The Morgan fingerprint density at radius 1 is 1.26 bits per heavy atom. The van der Waals surface area contributed by atoms with Gasteiger partial charge in [-0.05, 0) is 55.0 Å². The molecule has 0 radical (unpaired) electrons. The zero-order chi connectivity index (χ0) is 16.5. The molecule has 122 valence electrons. The third-order valence-electron chi connectivity index (χ3n) is 3.11. The molecule has 1 aromatic heterocycles. The van der Waals surface area contributed by atoms with Crippen molar-refractivity contribution in [2.75, 3.05) is 6.61 Å². The fourth-order valence-electron chi connectivity index (χ4n) is 1.84. The Morgan fingerprint density at radius 3 is 2.70 bits per heavy atom. The van der Waals surface area contributed by atoms with E-state index in [2.05, 4.69) is 17.6 Å². The van der Waals surface area contributed by atoms with E-state index in [0.717, 1.165) is 24.4 Å². The third-order valence-corrected chi connectivity index (χ3v) is 3.36. The van der Waals surface area contributed by atoms with Crippen molar-refractivity contribution in [2.45, 2.75) is 26.3 Å². The first-order valence-electron chi connectivity index (χ1n) is 7.53. The first-order chi connectivity index (χ1) is 11.2. The van der Waals surface area contributed by atoms with Crippen molar-refractivity contribution in [1.82, 2.24) is 10.6 Å². The second kappa shape index (κ2) is 8.95. The minimum absolute atomic E-state index is 0.259. The van der Waals surface area contributed by atoms with E-state index in [1.54, 1.807) is 36.6 Å². The summed E-state index contributed by atoms with van der Waals surface area (Å²) in [5.74, 6) is 1.24. The molecule has 0 aliphatic heterocycles. The number of carbonyl (C=O) groups excluding carboxylic acids is 1. The van der Waals surface area contributed by atoms with Crippen LogP contribution in [0.2, 0.25) is 0 Å². The van der Waals surface area contributed by atoms with Crippen LogP contribution in [0.4, 0.5) is 0 Å². The van der Waals surface area contributed by atoms with Crippen molar-refractivity contribution in [3.05, 3.63) is 54.0 Å². The van der Waals surface area contributed by atoms with Crippen LogP contribution in [0.25, 0.3) is 0 Å². The predicted molar refractivity (Wildman–Crippen MR) is 92.5 cm³/mol. The Hall–Kier alpha value is -2.34. The highest BCUT2D eigenvalue weighted by Crippen LogP contribution is 2.12. The molecule has 0 aliphatic rings. The average Bonchev–Trinajstić information content (AvgIpc) is 3.07. The molecule has 1 amide bonds. The Kier molecular flexibility index (Phi) is 6.62. The van der Waals surface area contributed by atoms with Gasteiger partial charge in [-0.2, -0.15) is 0 Å². The summed E-state index contributed by atoms with van der Waals surface area (Å²) in [5.41, 5.74) is 0.523. The Balaban J connectivity index is 1.79. The second-order valence-electron chi connectivity index (χ2n) is 4.94. The number of hydrogen-bond donors (Lipinski definition) is 2. The number of thiocarbonyl (C=S) groups is 1. The molecule has 0 saturated heterocycles. The van der Waals surface area contributed by atoms with Crippen LogP contribution in [-0.4, -0.2) is 17.6 Å². The first-order valence-corrected chi connectivity index (χ1v) is 7.94. The zero-order valence-electron chi connectivity index (χ0n) is 13.0. The molecular formula is C17H20N2O3S. The van der Waals surface area contributed by atoms with Crippen molar-refractivity contribution >= 4 is 23.2 Å². The number of amides is 1. The van der Waals surface area contributed by atoms with Crippen molar-refractivity contribution in [3.63, 3.8) is 0 Å². The van der Waals surface area contributed by atoms with Gasteiger partial charge >= 0.3 is 0 Å². The topological polar surface area (TPSA) is 63.5 Å². The van der Waals surface area contributed by atoms with Gasteiger partial charge in [0.15, 0.2) is 5.11 Å². The van der Waals surface area contributed by atoms with Gasteiger partial charge in [0.25, 0.3) is 5.91 Å². The lowest BCUT2D eigenvalue weighted by Gasteiger charge is -2.09. The second-order valence-corrected chi connectivity index (χ2v) is 5.35. The van der Waals surface area contributed by atoms with E-state index in [0.29, 0.717) is 18.7 Å². The highest BCUT2D eigenvalue weighted by Gasteiger charge is 2.08. The number of benzene rings is 1. The molecule has 0 fully saturated rings. The van der Waals surface area contributed by atoms with Crippen LogP contribution < -0.4 is 15.4 Å². The molecule has 0 aliphatic carbocycles. The fraction of sp³-hybridized carbons (Fsp3) is 0.294. The van der Waals surface area contributed by atoms with E-state index >= 15 is 0 Å². The molecule has 2 aromatic rings. The van der Waals surface area contributed by atoms with Crippen molar-refractivity contribution < 1.29 is 13.9 Å². The first kappa shape index (κ1) is 17.0. The summed E-state index contributed by atoms with van der Waals surface area (Å²) >= 11 is 5.09. The summed E-state index contributed by atoms with van der Waals surface area (Å²) in [5, 5.41) is 5.80. The minimum Gasteiger partial charge on any atom is -0.494 e. The molecule has 23 heavy (non-hydrogen) atoms. The van der Waals surface area contributed by atoms with Crippen LogP contribution in [0.3, 0.4) is 0 Å². The fourth-order valence-corrected chi connectivity index (χ4v) is 2.00. The minimum atomic E-state index is -0.262. The molecule has 5 nitrogen and oxygen atoms in total. The number of rotatable bonds is 7. The Bertz CT molecular complexity index is 624. The van der Waals surface area contributed by atoms with Gasteiger partial charge in [0, 0.05) is 5.56 Å². The van der Waals surface area contributed by atoms with Gasteiger partial charge < -0.3 is 14.5 Å². The monoisotopic (exact) mass is 332 g/mol. The smallest absolute Gasteiger partial charge is 0.257 e. The van der Waals surface area contributed by atoms with E-state index in [-0.39, 0.29) is 11.0 Å². The van der Waals surface area contributed by atoms with Gasteiger partial charge in [-0.3, -0.25) is 10.1 Å². The van der Waals surface area contributed by atoms with E-state index in [9.17, 15) is 4.79 Å². The van der Waals surface area contributed by atoms with Gasteiger partial charge in [-0.15, -0.1) is 0 Å². The zero-order valence-corrected chi connectivity index (χ0v) is 13.8. The van der Waals surface area contributed by atoms with Gasteiger partial charge in [0.2, 0.25) is 0 Å². The van der Waals surface area contributed by atoms with Crippen molar-refractivity contribution in [2.24, 2.45) is 0 Å². The van der Waals surface area contributed by atoms with Crippen LogP contribution in [0, 0.1) is 0 Å². The highest BCUT2D eigenvalue weighted by molar-refractivity contribution is 7.80. The van der Waals surface area contributed by atoms with Crippen LogP contribution in [0.5, 0.6) is 5.75 Å². The number of unbranched alkanes of at least 4 members (excludes halogenated alkanes) is 1. The van der Waals surface area contributed by atoms with E-state index < -0.39 is 0 Å². The van der Waals surface area contributed by atoms with E-state index in [1.807, 2.05) is 6.07 Å². The maximum atomic E-state index is 12.1. The van der Waals surface area contributed by atoms with E-state index in [1.165, 1.54) is 0 Å². The number of nitrogens with one attached hydrogen (secondary N) is 2. The highest BCUT2D eigenvalue weighted by atomic mass is 32.1. The largest absolute Gasteiger partial charge is 0.494 e. The van der Waals surface area contributed by atoms with Crippen LogP contribution in [0.15, 0.2) is 47.1 Å². The molecular weight excluding hydrogens is 312 g/mol. The quantitative estimate of drug-likeness (QED) is 0.602. The molecule has 0 atom stereocenters. The standard InChI is InChI=1S/C17H20N2O3S/c1-2-3-10-21-14-8-6-13(7-9-14)16(20)19-17(23)18-12-15-5-4-11-22-15/h4-9,11H,2-3,10,12H2,1H3,(H2,18,19,20,23). The molecule has 2 N–H and O–H groups in total. The number of furan rings is 1. The lowest BCUT2D eigenvalue weighted by Crippen LogP contribution is -2.38. The van der Waals surface area contributed by atoms with Crippen LogP contribution in [-0.2, 0) is 6.54 Å². The summed E-state index contributed by atoms with van der Waals surface area (Å²) in [4.78, 5) is 12.1. The maximum Gasteiger partial charge on any atom is 0.257 e. The van der Waals surface area contributed by atoms with Gasteiger partial charge in [-0.25, -0.2) is 0 Å². The number of carbonyl (C=O) groups is 1. The summed E-state index contributed by atoms with van der Waals surface area (Å²) in [6, 6.07) is 10.6. The van der Waals surface area contributed by atoms with E-state index in [4.69, 9.17) is 21.4 Å². The van der Waals surface area contributed by atoms with Gasteiger partial charge in [0.05, 0.1) is 19.4 Å². The average molecular weight is 332 g/mol. The third kappa shape index (κ3) is 5.75. The van der Waals surface area contributed by atoms with Crippen LogP contribution in [0.1, 0.15) is 35.9 Å². The molecule has 0 unspecified atom stereocenters. The molecule has 1 heterocycles. The van der Waals surface area contributed by atoms with Crippen molar-refractivity contribution in [3.8, 4) is 5.75 Å². The SMILES string of the molecule is CCCCOc1ccc(C(=O)NC(=S)NCc2ccco2)cc1. The molecule has 6 heteroatoms. The molecule has 0 bridgehead atoms. The normalized spacial score (nSPS) is 10.1. The number of hydrogen-bond acceptors (Lipinski definition) is 4. The number of ether oxygens (including phenoxy) is 1. The summed E-state index contributed by atoms with van der Waals surface area (Å²) in [6.45, 7) is 3.22.